The molecule has 11 heteroatoms. The Hall–Kier alpha value is -2.34. The summed E-state index contributed by atoms with van der Waals surface area (Å²) in [6, 6.07) is 17.0. The van der Waals surface area contributed by atoms with Gasteiger partial charge in [-0.25, -0.2) is 8.42 Å². The van der Waals surface area contributed by atoms with Gasteiger partial charge in [-0.1, -0.05) is 23.3 Å². The van der Waals surface area contributed by atoms with E-state index in [1.807, 2.05) is 36.6 Å². The summed E-state index contributed by atoms with van der Waals surface area (Å²) < 4.78 is 32.8. The highest BCUT2D eigenvalue weighted by Crippen LogP contribution is 2.26. The summed E-state index contributed by atoms with van der Waals surface area (Å²) in [5, 5.41) is 10.6. The molecule has 1 aromatic heterocycles. The number of aromatic nitrogens is 2. The molecule has 0 atom stereocenters. The van der Waals surface area contributed by atoms with Crippen molar-refractivity contribution in [2.75, 3.05) is 30.4 Å². The minimum atomic E-state index is -3.57. The predicted molar refractivity (Wildman–Crippen MR) is 134 cm³/mol. The minimum absolute atomic E-state index is 0.0774. The average Bonchev–Trinajstić information content (AvgIpc) is 3.31. The number of hydrogen-bond donors (Lipinski definition) is 1. The predicted octanol–water partition coefficient (Wildman–Crippen LogP) is 4.17. The van der Waals surface area contributed by atoms with E-state index < -0.39 is 10.0 Å². The fourth-order valence-electron chi connectivity index (χ4n) is 3.64. The molecule has 4 rings (SSSR count). The summed E-state index contributed by atoms with van der Waals surface area (Å²) in [5.41, 5.74) is 0. The zero-order valence-corrected chi connectivity index (χ0v) is 21.2. The molecule has 8 nitrogen and oxygen atoms in total. The van der Waals surface area contributed by atoms with Gasteiger partial charge in [-0.05, 0) is 55.5 Å². The number of nitrogens with one attached hydrogen (secondary N) is 1. The molecule has 0 radical (unpaired) electrons. The minimum Gasteiger partial charge on any atom is -0.408 e. The quantitative estimate of drug-likeness (QED) is 0.421. The Kier molecular flexibility index (Phi) is 8.30. The molecule has 0 saturated carbocycles. The lowest BCUT2D eigenvalue weighted by molar-refractivity contribution is -0.121. The monoisotopic (exact) mass is 518 g/mol. The first kappa shape index (κ1) is 24.8. The van der Waals surface area contributed by atoms with Crippen LogP contribution < -0.4 is 5.32 Å². The first-order valence-corrected chi connectivity index (χ1v) is 14.6. The van der Waals surface area contributed by atoms with Crippen LogP contribution in [0.4, 0.5) is 6.01 Å². The molecule has 1 saturated heterocycles. The normalized spacial score (nSPS) is 15.3. The summed E-state index contributed by atoms with van der Waals surface area (Å²) in [7, 11) is -3.57. The molecule has 1 N–H and O–H groups in total. The summed E-state index contributed by atoms with van der Waals surface area (Å²) in [6.07, 6.45) is 3.40. The highest BCUT2D eigenvalue weighted by molar-refractivity contribution is 7.99. The fraction of sp³-hybridized carbons (Fsp3) is 0.348. The molecule has 0 aliphatic carbocycles. The van der Waals surface area contributed by atoms with E-state index in [2.05, 4.69) is 15.5 Å². The van der Waals surface area contributed by atoms with Crippen molar-refractivity contribution in [2.24, 2.45) is 5.92 Å². The molecule has 2 aromatic carbocycles. The first-order valence-electron chi connectivity index (χ1n) is 10.9. The molecule has 0 bridgehead atoms. The van der Waals surface area contributed by atoms with Gasteiger partial charge in [0.25, 0.3) is 0 Å². The molecule has 3 aromatic rings. The molecule has 2 heterocycles. The third-order valence-corrected chi connectivity index (χ3v) is 9.22. The number of thioether (sulfide) groups is 2. The Bertz CT molecular complexity index is 1190. The van der Waals surface area contributed by atoms with E-state index in [1.54, 1.807) is 47.8 Å². The topological polar surface area (TPSA) is 105 Å². The van der Waals surface area contributed by atoms with Crippen LogP contribution in [0.3, 0.4) is 0 Å². The lowest BCUT2D eigenvalue weighted by Crippen LogP contribution is -2.41. The van der Waals surface area contributed by atoms with Gasteiger partial charge in [0.05, 0.1) is 4.90 Å². The number of aryl methyl sites for hydroxylation is 1. The zero-order chi connectivity index (χ0) is 24.0. The SMILES string of the molecule is CSc1ccc(S(=O)(=O)N2CCC(C(=O)Nc3nnc(CCSc4ccccc4)o3)CC2)cc1. The van der Waals surface area contributed by atoms with Crippen molar-refractivity contribution in [2.45, 2.75) is 33.9 Å². The third kappa shape index (κ3) is 6.21. The van der Waals surface area contributed by atoms with E-state index in [0.717, 1.165) is 10.6 Å². The van der Waals surface area contributed by atoms with Crippen molar-refractivity contribution >= 4 is 45.5 Å². The molecule has 1 aliphatic rings. The van der Waals surface area contributed by atoms with Gasteiger partial charge in [0.1, 0.15) is 0 Å². The van der Waals surface area contributed by atoms with Crippen molar-refractivity contribution in [3.8, 4) is 0 Å². The standard InChI is InChI=1S/C23H26N4O4S3/c1-32-18-7-9-20(10-8-18)34(29,30)27-14-11-17(12-15-27)22(28)24-23-26-25-21(31-23)13-16-33-19-5-3-2-4-6-19/h2-10,17H,11-16H2,1H3,(H,24,26,28). The van der Waals surface area contributed by atoms with Gasteiger partial charge in [-0.3, -0.25) is 10.1 Å². The summed E-state index contributed by atoms with van der Waals surface area (Å²) in [5.74, 6) is 0.712. The number of amides is 1. The molecule has 0 unspecified atom stereocenters. The van der Waals surface area contributed by atoms with Crippen LogP contribution in [0.1, 0.15) is 18.7 Å². The van der Waals surface area contributed by atoms with Gasteiger partial charge in [0.2, 0.25) is 21.8 Å². The van der Waals surface area contributed by atoms with E-state index in [1.165, 1.54) is 9.20 Å². The molecule has 0 spiro atoms. The Balaban J connectivity index is 1.25. The maximum Gasteiger partial charge on any atom is 0.322 e. The summed E-state index contributed by atoms with van der Waals surface area (Å²) in [6.45, 7) is 0.576. The largest absolute Gasteiger partial charge is 0.408 e. The van der Waals surface area contributed by atoms with E-state index in [9.17, 15) is 13.2 Å². The fourth-order valence-corrected chi connectivity index (χ4v) is 6.38. The molecule has 1 amide bonds. The van der Waals surface area contributed by atoms with Crippen molar-refractivity contribution in [3.05, 3.63) is 60.5 Å². The van der Waals surface area contributed by atoms with Crippen molar-refractivity contribution in [1.82, 2.24) is 14.5 Å². The number of carbonyl (C=O) groups excluding carboxylic acids is 1. The van der Waals surface area contributed by atoms with Crippen LogP contribution in [-0.2, 0) is 21.2 Å². The molecule has 34 heavy (non-hydrogen) atoms. The Labute approximate surface area is 208 Å². The second-order valence-corrected chi connectivity index (χ2v) is 11.7. The number of anilines is 1. The lowest BCUT2D eigenvalue weighted by atomic mass is 9.97. The highest BCUT2D eigenvalue weighted by atomic mass is 32.2. The van der Waals surface area contributed by atoms with Gasteiger partial charge < -0.3 is 4.42 Å². The molecule has 1 aliphatic heterocycles. The van der Waals surface area contributed by atoms with Crippen LogP contribution in [0.5, 0.6) is 0 Å². The number of benzene rings is 2. The second kappa shape index (κ2) is 11.4. The molecule has 180 valence electrons. The van der Waals surface area contributed by atoms with Gasteiger partial charge in [0, 0.05) is 41.0 Å². The van der Waals surface area contributed by atoms with Gasteiger partial charge in [-0.15, -0.1) is 28.6 Å². The van der Waals surface area contributed by atoms with Crippen LogP contribution in [0.2, 0.25) is 0 Å². The Morgan fingerprint density at radius 2 is 1.76 bits per heavy atom. The highest BCUT2D eigenvalue weighted by Gasteiger charge is 2.32. The molecule has 1 fully saturated rings. The second-order valence-electron chi connectivity index (χ2n) is 7.76. The van der Waals surface area contributed by atoms with E-state index in [-0.39, 0.29) is 35.8 Å². The maximum atomic E-state index is 12.9. The lowest BCUT2D eigenvalue weighted by Gasteiger charge is -2.30. The Morgan fingerprint density at radius 1 is 1.06 bits per heavy atom. The Morgan fingerprint density at radius 3 is 2.44 bits per heavy atom. The van der Waals surface area contributed by atoms with Crippen molar-refractivity contribution < 1.29 is 17.6 Å². The number of hydrogen-bond acceptors (Lipinski definition) is 8. The maximum absolute atomic E-state index is 12.9. The summed E-state index contributed by atoms with van der Waals surface area (Å²) in [4.78, 5) is 15.1. The van der Waals surface area contributed by atoms with E-state index in [0.29, 0.717) is 25.2 Å². The van der Waals surface area contributed by atoms with E-state index >= 15 is 0 Å². The number of rotatable bonds is 9. The van der Waals surface area contributed by atoms with Crippen LogP contribution in [0.25, 0.3) is 0 Å². The number of carbonyl (C=O) groups is 1. The number of piperidine rings is 1. The van der Waals surface area contributed by atoms with Crippen molar-refractivity contribution in [1.29, 1.82) is 0 Å². The number of nitrogens with zero attached hydrogens (tertiary/aromatic N) is 3. The van der Waals surface area contributed by atoms with Crippen molar-refractivity contribution in [3.63, 3.8) is 0 Å². The first-order chi connectivity index (χ1) is 16.5. The van der Waals surface area contributed by atoms with Gasteiger partial charge in [0.15, 0.2) is 0 Å². The summed E-state index contributed by atoms with van der Waals surface area (Å²) >= 11 is 3.25. The van der Waals surface area contributed by atoms with E-state index in [4.69, 9.17) is 4.42 Å². The average molecular weight is 519 g/mol. The zero-order valence-electron chi connectivity index (χ0n) is 18.7. The van der Waals surface area contributed by atoms with Gasteiger partial charge >= 0.3 is 6.01 Å². The van der Waals surface area contributed by atoms with Gasteiger partial charge in [-0.2, -0.15) is 4.31 Å². The van der Waals surface area contributed by atoms with Crippen LogP contribution >= 0.6 is 23.5 Å². The van der Waals surface area contributed by atoms with Crippen LogP contribution in [-0.4, -0.2) is 53.9 Å². The number of sulfonamides is 1. The van der Waals surface area contributed by atoms with Crippen LogP contribution in [0.15, 0.2) is 73.7 Å². The molecular formula is C23H26N4O4S3. The third-order valence-electron chi connectivity index (χ3n) is 5.55. The van der Waals surface area contributed by atoms with Crippen LogP contribution in [0, 0.1) is 5.92 Å². The molecular weight excluding hydrogens is 492 g/mol. The smallest absolute Gasteiger partial charge is 0.322 e.